The fourth-order valence-electron chi connectivity index (χ4n) is 2.23. The largest absolute Gasteiger partial charge is 0.320 e. The van der Waals surface area contributed by atoms with Gasteiger partial charge in [0.15, 0.2) is 0 Å². The molecule has 0 amide bonds. The van der Waals surface area contributed by atoms with Crippen molar-refractivity contribution in [3.63, 3.8) is 0 Å². The molecule has 3 rings (SSSR count). The van der Waals surface area contributed by atoms with Crippen molar-refractivity contribution < 1.29 is 0 Å². The molecule has 0 spiro atoms. The number of fused-ring (bicyclic) bond motifs is 1. The Balaban J connectivity index is 2.13. The summed E-state index contributed by atoms with van der Waals surface area (Å²) in [5, 5.41) is 0.583. The monoisotopic (exact) mass is 301 g/mol. The SMILES string of the molecule is NC(c1ccc2[nH]c(=O)c(=O)[nH]c2c1)c1ccccc1Cl. The van der Waals surface area contributed by atoms with Gasteiger partial charge in [0, 0.05) is 5.02 Å². The quantitative estimate of drug-likeness (QED) is 0.631. The average molecular weight is 302 g/mol. The first kappa shape index (κ1) is 13.6. The normalized spacial score (nSPS) is 12.5. The summed E-state index contributed by atoms with van der Waals surface area (Å²) in [6, 6.07) is 12.1. The van der Waals surface area contributed by atoms with Gasteiger partial charge in [0.05, 0.1) is 17.1 Å². The van der Waals surface area contributed by atoms with Crippen molar-refractivity contribution in [1.82, 2.24) is 9.97 Å². The van der Waals surface area contributed by atoms with Crippen molar-refractivity contribution in [1.29, 1.82) is 0 Å². The molecule has 4 N–H and O–H groups in total. The zero-order valence-electron chi connectivity index (χ0n) is 10.9. The van der Waals surface area contributed by atoms with Crippen LogP contribution in [-0.2, 0) is 0 Å². The van der Waals surface area contributed by atoms with E-state index >= 15 is 0 Å². The third-order valence-corrected chi connectivity index (χ3v) is 3.69. The maximum atomic E-state index is 11.4. The molecule has 0 radical (unpaired) electrons. The lowest BCUT2D eigenvalue weighted by Crippen LogP contribution is -2.29. The van der Waals surface area contributed by atoms with Crippen molar-refractivity contribution in [3.8, 4) is 0 Å². The Kier molecular flexibility index (Phi) is 3.37. The summed E-state index contributed by atoms with van der Waals surface area (Å²) in [7, 11) is 0. The van der Waals surface area contributed by atoms with Crippen LogP contribution in [0, 0.1) is 0 Å². The van der Waals surface area contributed by atoms with Crippen LogP contribution in [-0.4, -0.2) is 9.97 Å². The number of halogens is 1. The van der Waals surface area contributed by atoms with E-state index in [2.05, 4.69) is 9.97 Å². The van der Waals surface area contributed by atoms with Crippen LogP contribution in [0.3, 0.4) is 0 Å². The number of aromatic amines is 2. The summed E-state index contributed by atoms with van der Waals surface area (Å²) in [6.07, 6.45) is 0. The summed E-state index contributed by atoms with van der Waals surface area (Å²) in [5.74, 6) is 0. The molecule has 3 aromatic rings. The lowest BCUT2D eigenvalue weighted by molar-refractivity contribution is 0.872. The van der Waals surface area contributed by atoms with E-state index in [1.807, 2.05) is 18.2 Å². The van der Waals surface area contributed by atoms with Crippen molar-refractivity contribution >= 4 is 22.6 Å². The average Bonchev–Trinajstić information content (AvgIpc) is 2.48. The van der Waals surface area contributed by atoms with Gasteiger partial charge in [0.25, 0.3) is 0 Å². The summed E-state index contributed by atoms with van der Waals surface area (Å²) < 4.78 is 0. The molecule has 0 bridgehead atoms. The van der Waals surface area contributed by atoms with E-state index in [1.165, 1.54) is 0 Å². The maximum absolute atomic E-state index is 11.4. The highest BCUT2D eigenvalue weighted by atomic mass is 35.5. The smallest absolute Gasteiger partial charge is 0.314 e. The van der Waals surface area contributed by atoms with E-state index < -0.39 is 17.2 Å². The molecule has 1 atom stereocenters. The van der Waals surface area contributed by atoms with Crippen molar-refractivity contribution in [3.05, 3.63) is 79.3 Å². The van der Waals surface area contributed by atoms with Gasteiger partial charge < -0.3 is 15.7 Å². The van der Waals surface area contributed by atoms with Crippen molar-refractivity contribution in [2.45, 2.75) is 6.04 Å². The topological polar surface area (TPSA) is 91.7 Å². The molecule has 0 aliphatic heterocycles. The van der Waals surface area contributed by atoms with Crippen molar-refractivity contribution in [2.75, 3.05) is 0 Å². The molecular formula is C15H12ClN3O2. The van der Waals surface area contributed by atoms with Crippen LogP contribution >= 0.6 is 11.6 Å². The number of hydrogen-bond donors (Lipinski definition) is 3. The standard InChI is InChI=1S/C15H12ClN3O2/c16-10-4-2-1-3-9(10)13(17)8-5-6-11-12(7-8)19-15(21)14(20)18-11/h1-7,13H,17H2,(H,18,20)(H,19,21). The predicted octanol–water partition coefficient (Wildman–Crippen LogP) is 1.92. The third-order valence-electron chi connectivity index (χ3n) is 3.35. The highest BCUT2D eigenvalue weighted by Crippen LogP contribution is 2.27. The minimum atomic E-state index is -0.689. The highest BCUT2D eigenvalue weighted by molar-refractivity contribution is 6.31. The Bertz CT molecular complexity index is 930. The molecule has 5 nitrogen and oxygen atoms in total. The number of H-pyrrole nitrogens is 2. The van der Waals surface area contributed by atoms with Gasteiger partial charge in [-0.1, -0.05) is 35.9 Å². The van der Waals surface area contributed by atoms with Gasteiger partial charge in [-0.2, -0.15) is 0 Å². The summed E-state index contributed by atoms with van der Waals surface area (Å²) in [4.78, 5) is 27.7. The lowest BCUT2D eigenvalue weighted by atomic mass is 9.99. The van der Waals surface area contributed by atoms with Crippen molar-refractivity contribution in [2.24, 2.45) is 5.73 Å². The van der Waals surface area contributed by atoms with E-state index in [0.29, 0.717) is 16.1 Å². The van der Waals surface area contributed by atoms with Gasteiger partial charge in [0.1, 0.15) is 0 Å². The highest BCUT2D eigenvalue weighted by Gasteiger charge is 2.13. The molecule has 1 unspecified atom stereocenters. The van der Waals surface area contributed by atoms with E-state index in [9.17, 15) is 9.59 Å². The second-order valence-electron chi connectivity index (χ2n) is 4.71. The molecule has 0 fully saturated rings. The van der Waals surface area contributed by atoms with Gasteiger partial charge in [0.2, 0.25) is 0 Å². The summed E-state index contributed by atoms with van der Waals surface area (Å²) in [5.41, 5.74) is 7.53. The molecule has 21 heavy (non-hydrogen) atoms. The lowest BCUT2D eigenvalue weighted by Gasteiger charge is -2.14. The number of nitrogens with one attached hydrogen (secondary N) is 2. The van der Waals surface area contributed by atoms with Crippen LogP contribution < -0.4 is 16.9 Å². The molecule has 2 aromatic carbocycles. The number of hydrogen-bond acceptors (Lipinski definition) is 3. The van der Waals surface area contributed by atoms with Gasteiger partial charge in [-0.15, -0.1) is 0 Å². The predicted molar refractivity (Wildman–Crippen MR) is 82.7 cm³/mol. The van der Waals surface area contributed by atoms with Gasteiger partial charge in [-0.3, -0.25) is 9.59 Å². The minimum absolute atomic E-state index is 0.418. The minimum Gasteiger partial charge on any atom is -0.320 e. The van der Waals surface area contributed by atoms with Crippen LogP contribution in [0.2, 0.25) is 5.02 Å². The Hall–Kier alpha value is -2.37. The second kappa shape index (κ2) is 5.20. The van der Waals surface area contributed by atoms with E-state index in [0.717, 1.165) is 11.1 Å². The molecule has 0 aliphatic rings. The molecule has 1 aromatic heterocycles. The van der Waals surface area contributed by atoms with Crippen LogP contribution in [0.1, 0.15) is 17.2 Å². The first-order valence-electron chi connectivity index (χ1n) is 6.32. The Morgan fingerprint density at radius 1 is 0.952 bits per heavy atom. The first-order chi connectivity index (χ1) is 10.1. The van der Waals surface area contributed by atoms with Crippen LogP contribution in [0.15, 0.2) is 52.1 Å². The van der Waals surface area contributed by atoms with Gasteiger partial charge in [-0.05, 0) is 29.3 Å². The zero-order valence-corrected chi connectivity index (χ0v) is 11.6. The van der Waals surface area contributed by atoms with E-state index in [4.69, 9.17) is 17.3 Å². The number of nitrogens with two attached hydrogens (primary N) is 1. The zero-order chi connectivity index (χ0) is 15.0. The Morgan fingerprint density at radius 3 is 2.33 bits per heavy atom. The fraction of sp³-hybridized carbons (Fsp3) is 0.0667. The van der Waals surface area contributed by atoms with Gasteiger partial charge in [-0.25, -0.2) is 0 Å². The Morgan fingerprint density at radius 2 is 1.62 bits per heavy atom. The van der Waals surface area contributed by atoms with Crippen LogP contribution in [0.25, 0.3) is 11.0 Å². The number of rotatable bonds is 2. The molecular weight excluding hydrogens is 290 g/mol. The maximum Gasteiger partial charge on any atom is 0.314 e. The van der Waals surface area contributed by atoms with Crippen LogP contribution in [0.5, 0.6) is 0 Å². The molecule has 0 saturated carbocycles. The van der Waals surface area contributed by atoms with Gasteiger partial charge >= 0.3 is 11.1 Å². The fourth-order valence-corrected chi connectivity index (χ4v) is 2.49. The van der Waals surface area contributed by atoms with E-state index in [-0.39, 0.29) is 0 Å². The molecule has 106 valence electrons. The molecule has 0 aliphatic carbocycles. The number of aromatic nitrogens is 2. The van der Waals surface area contributed by atoms with Crippen LogP contribution in [0.4, 0.5) is 0 Å². The summed E-state index contributed by atoms with van der Waals surface area (Å²) >= 11 is 6.15. The summed E-state index contributed by atoms with van der Waals surface area (Å²) in [6.45, 7) is 0. The number of benzene rings is 2. The molecule has 0 saturated heterocycles. The Labute approximate surface area is 124 Å². The molecule has 6 heteroatoms. The third kappa shape index (κ3) is 2.49. The molecule has 1 heterocycles. The first-order valence-corrected chi connectivity index (χ1v) is 6.70. The van der Waals surface area contributed by atoms with E-state index in [1.54, 1.807) is 24.3 Å². The second-order valence-corrected chi connectivity index (χ2v) is 5.12.